The van der Waals surface area contributed by atoms with Gasteiger partial charge in [-0.25, -0.2) is 8.42 Å². The third-order valence-corrected chi connectivity index (χ3v) is 8.23. The molecule has 4 nitrogen and oxygen atoms in total. The number of rotatable bonds is 15. The lowest BCUT2D eigenvalue weighted by Crippen LogP contribution is -2.39. The molecule has 214 valence electrons. The zero-order chi connectivity index (χ0) is 28.6. The van der Waals surface area contributed by atoms with Gasteiger partial charge in [0.1, 0.15) is 22.4 Å². The molecule has 0 aromatic heterocycles. The van der Waals surface area contributed by atoms with Crippen molar-refractivity contribution in [2.24, 2.45) is 0 Å². The first-order valence-electron chi connectivity index (χ1n) is 14.3. The fraction of sp³-hybridized carbons (Fsp3) is 0.455. The summed E-state index contributed by atoms with van der Waals surface area (Å²) in [5, 5.41) is 0.842. The normalized spacial score (nSPS) is 11.6. The second-order valence-corrected chi connectivity index (χ2v) is 12.6. The van der Waals surface area contributed by atoms with Gasteiger partial charge in [-0.2, -0.15) is 0 Å². The van der Waals surface area contributed by atoms with Gasteiger partial charge in [-0.05, 0) is 48.7 Å². The summed E-state index contributed by atoms with van der Waals surface area (Å²) < 4.78 is 33.3. The smallest absolute Gasteiger partial charge is 0.132 e. The van der Waals surface area contributed by atoms with Crippen molar-refractivity contribution in [1.82, 2.24) is 4.48 Å². The largest absolute Gasteiger partial charge is 0.744 e. The summed E-state index contributed by atoms with van der Waals surface area (Å²) in [6, 6.07) is 24.8. The summed E-state index contributed by atoms with van der Waals surface area (Å²) in [5.41, 5.74) is 3.57. The van der Waals surface area contributed by atoms with E-state index in [1.54, 1.807) is 12.1 Å². The number of hydrogen-bond acceptors (Lipinski definition) is 3. The molecule has 0 saturated carbocycles. The van der Waals surface area contributed by atoms with E-state index in [4.69, 9.17) is 11.6 Å². The minimum atomic E-state index is -4.31. The molecule has 0 fully saturated rings. The molecule has 0 aliphatic heterocycles. The van der Waals surface area contributed by atoms with E-state index in [-0.39, 0.29) is 4.90 Å². The summed E-state index contributed by atoms with van der Waals surface area (Å²) in [6.07, 6.45) is 14.0. The third kappa shape index (κ3) is 13.1. The van der Waals surface area contributed by atoms with Crippen LogP contribution in [0.3, 0.4) is 0 Å². The van der Waals surface area contributed by atoms with Gasteiger partial charge in [0.2, 0.25) is 0 Å². The minimum Gasteiger partial charge on any atom is -0.744 e. The monoisotopic (exact) mass is 571 g/mol. The number of halogens is 1. The molecule has 39 heavy (non-hydrogen) atoms. The standard InChI is InChI=1S/C18H30O3S.C15H17ClN/c1-2-3-4-5-6-7-8-9-10-11-12-17-13-15-18(16-14-17)22(19,20)21;1-17(2,14-9-4-3-5-10-14)12-13-8-6-7-11-15(13)16/h13-16H,2-12H2,1H3,(H,19,20,21);3-11H,12H2,1-2H3/q;+1/p-1. The average molecular weight is 572 g/mol. The third-order valence-electron chi connectivity index (χ3n) is 7.01. The van der Waals surface area contributed by atoms with E-state index in [9.17, 15) is 13.0 Å². The van der Waals surface area contributed by atoms with Crippen LogP contribution in [-0.2, 0) is 23.1 Å². The van der Waals surface area contributed by atoms with E-state index < -0.39 is 10.1 Å². The van der Waals surface area contributed by atoms with Gasteiger partial charge in [-0.15, -0.1) is 0 Å². The molecule has 0 saturated heterocycles. The topological polar surface area (TPSA) is 57.2 Å². The van der Waals surface area contributed by atoms with Crippen molar-refractivity contribution in [3.8, 4) is 0 Å². The van der Waals surface area contributed by atoms with Gasteiger partial charge in [-0.1, -0.05) is 125 Å². The molecular weight excluding hydrogens is 526 g/mol. The van der Waals surface area contributed by atoms with Gasteiger partial charge in [0.15, 0.2) is 0 Å². The van der Waals surface area contributed by atoms with Crippen LogP contribution in [0.1, 0.15) is 82.3 Å². The molecule has 0 atom stereocenters. The van der Waals surface area contributed by atoms with Crippen molar-refractivity contribution in [2.75, 3.05) is 14.1 Å². The van der Waals surface area contributed by atoms with E-state index in [0.717, 1.165) is 34.5 Å². The van der Waals surface area contributed by atoms with Crippen LogP contribution >= 0.6 is 11.6 Å². The highest BCUT2D eigenvalue weighted by Crippen LogP contribution is 2.25. The predicted molar refractivity (Wildman–Crippen MR) is 165 cm³/mol. The summed E-state index contributed by atoms with van der Waals surface area (Å²) in [7, 11) is 0.0726. The van der Waals surface area contributed by atoms with Crippen LogP contribution in [0.15, 0.2) is 83.8 Å². The Balaban J connectivity index is 0.000000282. The molecule has 0 heterocycles. The van der Waals surface area contributed by atoms with E-state index in [0.29, 0.717) is 0 Å². The van der Waals surface area contributed by atoms with E-state index in [1.807, 2.05) is 24.3 Å². The number of benzene rings is 3. The lowest BCUT2D eigenvalue weighted by atomic mass is 10.0. The Hall–Kier alpha value is -2.18. The number of unbranched alkanes of at least 4 members (excludes halogenated alkanes) is 9. The van der Waals surface area contributed by atoms with Crippen molar-refractivity contribution < 1.29 is 13.0 Å². The molecule has 3 aromatic rings. The Labute approximate surface area is 242 Å². The van der Waals surface area contributed by atoms with Crippen LogP contribution in [-0.4, -0.2) is 27.1 Å². The fourth-order valence-corrected chi connectivity index (χ4v) is 5.28. The zero-order valence-corrected chi connectivity index (χ0v) is 25.5. The van der Waals surface area contributed by atoms with Crippen LogP contribution in [0.4, 0.5) is 5.69 Å². The number of aryl methyl sites for hydroxylation is 1. The minimum absolute atomic E-state index is 0.140. The highest BCUT2D eigenvalue weighted by atomic mass is 35.5. The van der Waals surface area contributed by atoms with Crippen molar-refractivity contribution in [3.05, 3.63) is 95.0 Å². The van der Waals surface area contributed by atoms with Gasteiger partial charge in [-0.3, -0.25) is 4.48 Å². The lowest BCUT2D eigenvalue weighted by molar-refractivity contribution is 0.392. The van der Waals surface area contributed by atoms with Crippen LogP contribution in [0, 0.1) is 0 Å². The molecular formula is C33H46ClNO3S. The Morgan fingerprint density at radius 3 is 1.74 bits per heavy atom. The van der Waals surface area contributed by atoms with E-state index in [1.165, 1.54) is 81.2 Å². The van der Waals surface area contributed by atoms with Crippen LogP contribution < -0.4 is 4.48 Å². The maximum Gasteiger partial charge on any atom is 0.132 e. The first-order chi connectivity index (χ1) is 18.6. The molecule has 0 bridgehead atoms. The fourth-order valence-electron chi connectivity index (χ4n) is 4.61. The second-order valence-electron chi connectivity index (χ2n) is 10.8. The zero-order valence-electron chi connectivity index (χ0n) is 23.9. The molecule has 6 heteroatoms. The molecule has 0 N–H and O–H groups in total. The quantitative estimate of drug-likeness (QED) is 0.104. The lowest BCUT2D eigenvalue weighted by Gasteiger charge is -2.29. The van der Waals surface area contributed by atoms with Crippen LogP contribution in [0.2, 0.25) is 5.02 Å². The van der Waals surface area contributed by atoms with Gasteiger partial charge in [0, 0.05) is 10.6 Å². The van der Waals surface area contributed by atoms with E-state index >= 15 is 0 Å². The predicted octanol–water partition coefficient (Wildman–Crippen LogP) is 9.16. The van der Waals surface area contributed by atoms with Crippen molar-refractivity contribution in [2.45, 2.75) is 89.0 Å². The van der Waals surface area contributed by atoms with Crippen LogP contribution in [0.5, 0.6) is 0 Å². The molecule has 0 amide bonds. The van der Waals surface area contributed by atoms with Gasteiger partial charge in [0.25, 0.3) is 0 Å². The molecule has 3 aromatic carbocycles. The molecule has 0 aliphatic rings. The van der Waals surface area contributed by atoms with E-state index in [2.05, 4.69) is 51.4 Å². The average Bonchev–Trinajstić information content (AvgIpc) is 2.92. The van der Waals surface area contributed by atoms with Crippen LogP contribution in [0.25, 0.3) is 0 Å². The number of nitrogens with zero attached hydrogens (tertiary/aromatic N) is 1. The summed E-state index contributed by atoms with van der Waals surface area (Å²) in [6.45, 7) is 3.14. The maximum absolute atomic E-state index is 10.8. The van der Waals surface area contributed by atoms with Gasteiger partial charge in [0.05, 0.1) is 19.0 Å². The van der Waals surface area contributed by atoms with Crippen molar-refractivity contribution in [1.29, 1.82) is 0 Å². The van der Waals surface area contributed by atoms with Crippen molar-refractivity contribution in [3.63, 3.8) is 0 Å². The Morgan fingerprint density at radius 2 is 1.21 bits per heavy atom. The van der Waals surface area contributed by atoms with Gasteiger partial charge < -0.3 is 4.55 Å². The highest BCUT2D eigenvalue weighted by molar-refractivity contribution is 7.85. The molecule has 0 spiro atoms. The number of quaternary nitrogens is 1. The first-order valence-corrected chi connectivity index (χ1v) is 16.1. The number of hydrogen-bond donors (Lipinski definition) is 0. The summed E-state index contributed by atoms with van der Waals surface area (Å²) in [4.78, 5) is -0.140. The Morgan fingerprint density at radius 1 is 0.692 bits per heavy atom. The Kier molecular flexibility index (Phi) is 14.8. The second kappa shape index (κ2) is 17.5. The molecule has 3 rings (SSSR count). The summed E-state index contributed by atoms with van der Waals surface area (Å²) >= 11 is 6.21. The maximum atomic E-state index is 10.8. The van der Waals surface area contributed by atoms with Crippen molar-refractivity contribution >= 4 is 27.4 Å². The number of para-hydroxylation sites is 1. The Bertz CT molecular complexity index is 1180. The molecule has 0 aliphatic carbocycles. The molecule has 0 radical (unpaired) electrons. The summed E-state index contributed by atoms with van der Waals surface area (Å²) in [5.74, 6) is 0. The SMILES string of the molecule is CCCCCCCCCCCCc1ccc(S(=O)(=O)[O-])cc1.C[N+](C)(Cc1ccccc1Cl)c1ccccc1. The van der Waals surface area contributed by atoms with Gasteiger partial charge >= 0.3 is 0 Å². The molecule has 0 unspecified atom stereocenters. The first kappa shape index (κ1) is 33.0. The highest BCUT2D eigenvalue weighted by Gasteiger charge is 2.20.